The minimum Gasteiger partial charge on any atom is -0.451 e. The second-order valence-corrected chi connectivity index (χ2v) is 7.08. The number of rotatable bonds is 6. The van der Waals surface area contributed by atoms with E-state index in [2.05, 4.69) is 16.0 Å². The van der Waals surface area contributed by atoms with Crippen molar-refractivity contribution >= 4 is 29.8 Å². The molecule has 1 heterocycles. The van der Waals surface area contributed by atoms with Crippen LogP contribution in [0.3, 0.4) is 0 Å². The molecule has 1 saturated heterocycles. The molecule has 2 rings (SSSR count). The number of ether oxygens (including phenoxy) is 1. The fraction of sp³-hybridized carbons (Fsp3) is 0.706. The molecule has 2 fully saturated rings. The highest BCUT2D eigenvalue weighted by atomic mass is 16.5. The van der Waals surface area contributed by atoms with Gasteiger partial charge in [0.25, 0.3) is 11.8 Å². The summed E-state index contributed by atoms with van der Waals surface area (Å²) in [5.41, 5.74) is -1.06. The van der Waals surface area contributed by atoms with Crippen molar-refractivity contribution in [1.29, 1.82) is 0 Å². The van der Waals surface area contributed by atoms with Gasteiger partial charge in [0.1, 0.15) is 12.1 Å². The van der Waals surface area contributed by atoms with Crippen molar-refractivity contribution in [3.63, 3.8) is 0 Å². The lowest BCUT2D eigenvalue weighted by molar-refractivity contribution is -0.156. The molecule has 0 radical (unpaired) electrons. The highest BCUT2D eigenvalue weighted by Gasteiger charge is 2.47. The first-order valence-electron chi connectivity index (χ1n) is 9.11. The number of amides is 6. The third kappa shape index (κ3) is 4.95. The van der Waals surface area contributed by atoms with Gasteiger partial charge in [-0.1, -0.05) is 19.8 Å². The van der Waals surface area contributed by atoms with Crippen LogP contribution in [0.1, 0.15) is 52.9 Å². The molecule has 0 bridgehead atoms. The Balaban J connectivity index is 1.80. The minimum atomic E-state index is -1.25. The lowest BCUT2D eigenvalue weighted by Gasteiger charge is -2.19. The van der Waals surface area contributed by atoms with E-state index in [1.165, 1.54) is 6.92 Å². The molecule has 1 saturated carbocycles. The van der Waals surface area contributed by atoms with Crippen molar-refractivity contribution < 1.29 is 28.7 Å². The number of nitrogens with one attached hydrogen (secondary N) is 3. The van der Waals surface area contributed by atoms with E-state index in [0.29, 0.717) is 6.42 Å². The lowest BCUT2D eigenvalue weighted by atomic mass is 9.99. The normalized spacial score (nSPS) is 23.7. The Hall–Kier alpha value is -2.65. The van der Waals surface area contributed by atoms with E-state index in [0.717, 1.165) is 30.6 Å². The average molecular weight is 382 g/mol. The van der Waals surface area contributed by atoms with Crippen LogP contribution in [0, 0.1) is 0 Å². The standard InChI is InChI=1S/C17H26N4O6/c1-4-17(3)14(24)21(16(26)20-17)9-12(22)27-10(2)13(23)19-15(25)18-11-7-5-6-8-11/h10-11H,4-9H2,1-3H3,(H,20,26)(H2,18,19,23,25)/t10-,17+/m0/s1. The Morgan fingerprint density at radius 2 is 1.93 bits per heavy atom. The number of carbonyl (C=O) groups is 5. The first-order chi connectivity index (χ1) is 12.7. The molecule has 0 aromatic heterocycles. The van der Waals surface area contributed by atoms with Gasteiger partial charge in [-0.25, -0.2) is 9.59 Å². The van der Waals surface area contributed by atoms with Crippen molar-refractivity contribution in [2.24, 2.45) is 0 Å². The predicted molar refractivity (Wildman–Crippen MR) is 93.4 cm³/mol. The molecule has 6 amide bonds. The van der Waals surface area contributed by atoms with Gasteiger partial charge >= 0.3 is 18.0 Å². The number of nitrogens with zero attached hydrogens (tertiary/aromatic N) is 1. The molecule has 2 atom stereocenters. The maximum absolute atomic E-state index is 12.2. The third-order valence-electron chi connectivity index (χ3n) is 4.94. The molecule has 1 aliphatic carbocycles. The van der Waals surface area contributed by atoms with E-state index in [9.17, 15) is 24.0 Å². The minimum absolute atomic E-state index is 0.0447. The number of urea groups is 2. The second-order valence-electron chi connectivity index (χ2n) is 7.08. The molecule has 10 heteroatoms. The highest BCUT2D eigenvalue weighted by molar-refractivity contribution is 6.08. The van der Waals surface area contributed by atoms with Crippen LogP contribution < -0.4 is 16.0 Å². The predicted octanol–water partition coefficient (Wildman–Crippen LogP) is 0.407. The van der Waals surface area contributed by atoms with Gasteiger partial charge in [-0.05, 0) is 33.1 Å². The molecular weight excluding hydrogens is 356 g/mol. The van der Waals surface area contributed by atoms with Gasteiger partial charge in [0.05, 0.1) is 0 Å². The molecule has 3 N–H and O–H groups in total. The van der Waals surface area contributed by atoms with Crippen molar-refractivity contribution in [2.45, 2.75) is 70.6 Å². The maximum Gasteiger partial charge on any atom is 0.327 e. The molecule has 1 aliphatic heterocycles. The Morgan fingerprint density at radius 1 is 1.30 bits per heavy atom. The molecule has 0 spiro atoms. The van der Waals surface area contributed by atoms with E-state index in [1.54, 1.807) is 13.8 Å². The number of esters is 1. The zero-order chi connectivity index (χ0) is 20.2. The quantitative estimate of drug-likeness (QED) is 0.450. The summed E-state index contributed by atoms with van der Waals surface area (Å²) in [6.07, 6.45) is 2.94. The molecule has 10 nitrogen and oxygen atoms in total. The van der Waals surface area contributed by atoms with Gasteiger partial charge in [0.15, 0.2) is 6.10 Å². The molecular formula is C17H26N4O6. The van der Waals surface area contributed by atoms with Crippen LogP contribution in [0.15, 0.2) is 0 Å². The summed E-state index contributed by atoms with van der Waals surface area (Å²) < 4.78 is 4.94. The molecule has 0 aromatic carbocycles. The maximum atomic E-state index is 12.2. The van der Waals surface area contributed by atoms with Crippen LogP contribution in [0.2, 0.25) is 0 Å². The van der Waals surface area contributed by atoms with Crippen LogP contribution in [0.25, 0.3) is 0 Å². The molecule has 2 aliphatic rings. The van der Waals surface area contributed by atoms with Gasteiger partial charge in [-0.2, -0.15) is 0 Å². The number of hydrogen-bond donors (Lipinski definition) is 3. The molecule has 150 valence electrons. The first kappa shape index (κ1) is 20.7. The number of carbonyl (C=O) groups excluding carboxylic acids is 5. The summed E-state index contributed by atoms with van der Waals surface area (Å²) in [6, 6.07) is -1.28. The van der Waals surface area contributed by atoms with Crippen LogP contribution in [0.4, 0.5) is 9.59 Å². The highest BCUT2D eigenvalue weighted by Crippen LogP contribution is 2.20. The summed E-state index contributed by atoms with van der Waals surface area (Å²) in [5, 5.41) is 7.32. The number of hydrogen-bond acceptors (Lipinski definition) is 6. The summed E-state index contributed by atoms with van der Waals surface area (Å²) in [6.45, 7) is 4.00. The largest absolute Gasteiger partial charge is 0.451 e. The first-order valence-corrected chi connectivity index (χ1v) is 9.11. The van der Waals surface area contributed by atoms with Gasteiger partial charge in [0.2, 0.25) is 0 Å². The smallest absolute Gasteiger partial charge is 0.327 e. The van der Waals surface area contributed by atoms with Crippen LogP contribution in [0.5, 0.6) is 0 Å². The molecule has 27 heavy (non-hydrogen) atoms. The van der Waals surface area contributed by atoms with E-state index in [-0.39, 0.29) is 6.04 Å². The fourth-order valence-corrected chi connectivity index (χ4v) is 3.05. The molecule has 0 unspecified atom stereocenters. The Kier molecular flexibility index (Phi) is 6.40. The topological polar surface area (TPSA) is 134 Å². The summed E-state index contributed by atoms with van der Waals surface area (Å²) in [5.74, 6) is -2.23. The van der Waals surface area contributed by atoms with E-state index < -0.39 is 48.0 Å². The fourth-order valence-electron chi connectivity index (χ4n) is 3.05. The van der Waals surface area contributed by atoms with Crippen molar-refractivity contribution in [3.05, 3.63) is 0 Å². The van der Waals surface area contributed by atoms with Crippen LogP contribution in [-0.4, -0.2) is 59.0 Å². The monoisotopic (exact) mass is 382 g/mol. The van der Waals surface area contributed by atoms with Crippen molar-refractivity contribution in [1.82, 2.24) is 20.9 Å². The van der Waals surface area contributed by atoms with Gasteiger partial charge in [-0.15, -0.1) is 0 Å². The third-order valence-corrected chi connectivity index (χ3v) is 4.94. The lowest BCUT2D eigenvalue weighted by Crippen LogP contribution is -2.48. The molecule has 0 aromatic rings. The zero-order valence-electron chi connectivity index (χ0n) is 15.8. The van der Waals surface area contributed by atoms with E-state index >= 15 is 0 Å². The SMILES string of the molecule is CC[C@@]1(C)NC(=O)N(CC(=O)O[C@@H](C)C(=O)NC(=O)NC2CCCC2)C1=O. The summed E-state index contributed by atoms with van der Waals surface area (Å²) in [7, 11) is 0. The van der Waals surface area contributed by atoms with Gasteiger partial charge in [-0.3, -0.25) is 24.6 Å². The van der Waals surface area contributed by atoms with Gasteiger partial charge in [0, 0.05) is 6.04 Å². The summed E-state index contributed by atoms with van der Waals surface area (Å²) >= 11 is 0. The van der Waals surface area contributed by atoms with E-state index in [4.69, 9.17) is 4.74 Å². The average Bonchev–Trinajstić information content (AvgIpc) is 3.17. The van der Waals surface area contributed by atoms with Crippen molar-refractivity contribution in [2.75, 3.05) is 6.54 Å². The van der Waals surface area contributed by atoms with Crippen LogP contribution >= 0.6 is 0 Å². The Bertz CT molecular complexity index is 645. The van der Waals surface area contributed by atoms with Crippen LogP contribution in [-0.2, 0) is 19.1 Å². The van der Waals surface area contributed by atoms with E-state index in [1.807, 2.05) is 0 Å². The number of imide groups is 2. The van der Waals surface area contributed by atoms with Gasteiger partial charge < -0.3 is 15.4 Å². The Labute approximate surface area is 157 Å². The van der Waals surface area contributed by atoms with Crippen molar-refractivity contribution in [3.8, 4) is 0 Å². The zero-order valence-corrected chi connectivity index (χ0v) is 15.8. The second kappa shape index (κ2) is 8.36. The summed E-state index contributed by atoms with van der Waals surface area (Å²) in [4.78, 5) is 60.6. The Morgan fingerprint density at radius 3 is 2.48 bits per heavy atom.